The summed E-state index contributed by atoms with van der Waals surface area (Å²) in [6.45, 7) is 3.26. The first-order valence-electron chi connectivity index (χ1n) is 15.9. The van der Waals surface area contributed by atoms with Gasteiger partial charge in [0.05, 0.1) is 16.1 Å². The van der Waals surface area contributed by atoms with Gasteiger partial charge in [0.15, 0.2) is 11.6 Å². The van der Waals surface area contributed by atoms with Crippen molar-refractivity contribution in [3.05, 3.63) is 152 Å². The van der Waals surface area contributed by atoms with Gasteiger partial charge in [-0.3, -0.25) is 24.5 Å². The minimum absolute atomic E-state index is 0.0123. The van der Waals surface area contributed by atoms with Crippen molar-refractivity contribution in [2.45, 2.75) is 50.7 Å². The largest absolute Gasteiger partial charge is 0.417 e. The summed E-state index contributed by atoms with van der Waals surface area (Å²) in [7, 11) is 0. The lowest BCUT2D eigenvalue weighted by Crippen LogP contribution is -2.69. The lowest BCUT2D eigenvalue weighted by atomic mass is 9.84. The summed E-state index contributed by atoms with van der Waals surface area (Å²) in [4.78, 5) is 54.1. The number of benzene rings is 4. The minimum Gasteiger partial charge on any atom is -0.315 e. The number of nitro benzene ring substituents is 1. The molecule has 8 nitrogen and oxygen atoms in total. The van der Waals surface area contributed by atoms with Gasteiger partial charge >= 0.3 is 12.4 Å². The fourth-order valence-electron chi connectivity index (χ4n) is 6.24. The number of Topliss-reactive ketones (excluding diaryl/α,β-unsaturated/α-hetero) is 2. The summed E-state index contributed by atoms with van der Waals surface area (Å²) in [6, 6.07) is 13.4. The Bertz CT molecular complexity index is 2040. The van der Waals surface area contributed by atoms with Crippen molar-refractivity contribution in [3.63, 3.8) is 0 Å². The van der Waals surface area contributed by atoms with Crippen LogP contribution >= 0.6 is 0 Å². The van der Waals surface area contributed by atoms with E-state index in [9.17, 15) is 50.8 Å². The van der Waals surface area contributed by atoms with Gasteiger partial charge in [-0.05, 0) is 72.9 Å². The molecule has 0 bridgehead atoms. The second kappa shape index (κ2) is 14.9. The molecule has 1 heterocycles. The molecule has 1 aliphatic heterocycles. The van der Waals surface area contributed by atoms with E-state index >= 15 is 0 Å². The molecule has 3 atom stereocenters. The number of nitrogens with zero attached hydrogens (tertiary/aromatic N) is 2. The third-order valence-corrected chi connectivity index (χ3v) is 8.96. The van der Waals surface area contributed by atoms with Crippen LogP contribution in [0.3, 0.4) is 0 Å². The van der Waals surface area contributed by atoms with E-state index in [1.54, 1.807) is 18.2 Å². The number of hydrogen-bond donors (Lipinski definition) is 1. The molecule has 1 amide bonds. The Balaban J connectivity index is 1.68. The van der Waals surface area contributed by atoms with Crippen LogP contribution in [0.25, 0.3) is 6.08 Å². The van der Waals surface area contributed by atoms with E-state index in [1.807, 2.05) is 13.8 Å². The Hall–Kier alpha value is -5.63. The molecule has 3 unspecified atom stereocenters. The van der Waals surface area contributed by atoms with Crippen LogP contribution in [0, 0.1) is 24.0 Å². The summed E-state index contributed by atoms with van der Waals surface area (Å²) in [5.74, 6) is -3.44. The van der Waals surface area contributed by atoms with Crippen molar-refractivity contribution in [2.24, 2.45) is 0 Å². The molecule has 0 spiro atoms. The van der Waals surface area contributed by atoms with Gasteiger partial charge in [0, 0.05) is 41.9 Å². The van der Waals surface area contributed by atoms with Crippen LogP contribution in [-0.2, 0) is 23.6 Å². The molecular formula is C38H31F6N3O5. The number of carbonyl (C=O) groups is 3. The van der Waals surface area contributed by atoms with Crippen LogP contribution in [0.2, 0.25) is 0 Å². The number of non-ortho nitro benzene ring substituents is 1. The number of nitro groups is 1. The number of aryl methyl sites for hydroxylation is 2. The minimum atomic E-state index is -5.00. The van der Waals surface area contributed by atoms with Crippen molar-refractivity contribution in [1.82, 2.24) is 10.2 Å². The van der Waals surface area contributed by atoms with Crippen molar-refractivity contribution < 1.29 is 45.6 Å². The number of carbonyl (C=O) groups excluding carboxylic acids is 3. The predicted molar refractivity (Wildman–Crippen MR) is 180 cm³/mol. The van der Waals surface area contributed by atoms with Crippen LogP contribution in [-0.4, -0.2) is 52.0 Å². The molecule has 1 N–H and O–H groups in total. The lowest BCUT2D eigenvalue weighted by molar-refractivity contribution is -0.384. The van der Waals surface area contributed by atoms with E-state index in [4.69, 9.17) is 0 Å². The van der Waals surface area contributed by atoms with E-state index in [0.29, 0.717) is 17.7 Å². The topological polar surface area (TPSA) is 110 Å². The average Bonchev–Trinajstić information content (AvgIpc) is 3.10. The molecule has 0 aliphatic carbocycles. The molecule has 5 rings (SSSR count). The van der Waals surface area contributed by atoms with Crippen LogP contribution in [0.4, 0.5) is 32.0 Å². The Morgan fingerprint density at radius 1 is 0.808 bits per heavy atom. The highest BCUT2D eigenvalue weighted by atomic mass is 19.4. The fraction of sp³-hybridized carbons (Fsp3) is 0.237. The molecule has 4 aromatic rings. The van der Waals surface area contributed by atoms with Gasteiger partial charge in [0.1, 0.15) is 12.1 Å². The van der Waals surface area contributed by atoms with E-state index in [0.717, 1.165) is 58.5 Å². The van der Waals surface area contributed by atoms with Gasteiger partial charge in [-0.25, -0.2) is 0 Å². The molecule has 0 radical (unpaired) electrons. The van der Waals surface area contributed by atoms with Crippen molar-refractivity contribution in [1.29, 1.82) is 0 Å². The SMILES string of the molecule is Cc1ccc(CC2NCC(C(=O)c3ccccc3C(F)(F)F)N(C(=O)/C=C/c3ccc([N+](=O)[O-])cc3)C2C(=O)c2ccccc2C(F)(F)F)cc1C. The van der Waals surface area contributed by atoms with Gasteiger partial charge < -0.3 is 10.2 Å². The molecule has 0 saturated carbocycles. The number of halogens is 6. The Morgan fingerprint density at radius 2 is 1.37 bits per heavy atom. The van der Waals surface area contributed by atoms with E-state index < -0.39 is 81.7 Å². The maximum atomic E-state index is 14.5. The van der Waals surface area contributed by atoms with E-state index in [1.165, 1.54) is 30.3 Å². The number of piperazine rings is 1. The highest BCUT2D eigenvalue weighted by molar-refractivity contribution is 6.09. The number of rotatable bonds is 9. The first-order chi connectivity index (χ1) is 24.5. The first kappa shape index (κ1) is 37.6. The molecule has 52 heavy (non-hydrogen) atoms. The van der Waals surface area contributed by atoms with Crippen molar-refractivity contribution >= 4 is 29.2 Å². The Labute approximate surface area is 293 Å². The predicted octanol–water partition coefficient (Wildman–Crippen LogP) is 7.81. The monoisotopic (exact) mass is 723 g/mol. The molecule has 14 heteroatoms. The molecule has 270 valence electrons. The highest BCUT2D eigenvalue weighted by Gasteiger charge is 2.49. The number of nitrogens with one attached hydrogen (secondary N) is 1. The Kier molecular flexibility index (Phi) is 10.8. The molecule has 1 saturated heterocycles. The third kappa shape index (κ3) is 8.12. The maximum Gasteiger partial charge on any atom is 0.417 e. The smallest absolute Gasteiger partial charge is 0.315 e. The van der Waals surface area contributed by atoms with Crippen LogP contribution < -0.4 is 5.32 Å². The van der Waals surface area contributed by atoms with Crippen LogP contribution in [0.1, 0.15) is 54.1 Å². The second-order valence-corrected chi connectivity index (χ2v) is 12.3. The summed E-state index contributed by atoms with van der Waals surface area (Å²) < 4.78 is 85.1. The summed E-state index contributed by atoms with van der Waals surface area (Å²) in [5, 5.41) is 14.1. The van der Waals surface area contributed by atoms with Crippen LogP contribution in [0.15, 0.2) is 97.1 Å². The second-order valence-electron chi connectivity index (χ2n) is 12.3. The normalized spacial score (nSPS) is 18.0. The van der Waals surface area contributed by atoms with Gasteiger partial charge in [-0.2, -0.15) is 26.3 Å². The van der Waals surface area contributed by atoms with E-state index in [2.05, 4.69) is 5.32 Å². The average molecular weight is 724 g/mol. The third-order valence-electron chi connectivity index (χ3n) is 8.96. The van der Waals surface area contributed by atoms with Crippen molar-refractivity contribution in [3.8, 4) is 0 Å². The molecule has 0 aromatic heterocycles. The standard InChI is InChI=1S/C38H31F6N3O5/c1-22-11-12-25(19-23(22)2)20-31-34(36(50)28-8-4-6-10-30(28)38(42,43)44)46(33(48)18-15-24-13-16-26(17-14-24)47(51)52)32(21-45-31)35(49)27-7-3-5-9-29(27)37(39,40)41/h3-19,31-32,34,45H,20-21H2,1-2H3/b18-15+. The summed E-state index contributed by atoms with van der Waals surface area (Å²) in [5.41, 5.74) is -1.71. The van der Waals surface area contributed by atoms with E-state index in [-0.39, 0.29) is 17.7 Å². The maximum absolute atomic E-state index is 14.5. The zero-order chi connectivity index (χ0) is 38.0. The number of alkyl halides is 6. The van der Waals surface area contributed by atoms with Gasteiger partial charge in [-0.1, -0.05) is 54.6 Å². The zero-order valence-corrected chi connectivity index (χ0v) is 27.7. The molecular weight excluding hydrogens is 692 g/mol. The molecule has 1 fully saturated rings. The number of hydrogen-bond acceptors (Lipinski definition) is 6. The van der Waals surface area contributed by atoms with Crippen LogP contribution in [0.5, 0.6) is 0 Å². The summed E-state index contributed by atoms with van der Waals surface area (Å²) >= 11 is 0. The van der Waals surface area contributed by atoms with Gasteiger partial charge in [0.25, 0.3) is 5.69 Å². The molecule has 1 aliphatic rings. The van der Waals surface area contributed by atoms with Crippen molar-refractivity contribution in [2.75, 3.05) is 6.54 Å². The zero-order valence-electron chi connectivity index (χ0n) is 27.7. The molecule has 4 aromatic carbocycles. The first-order valence-corrected chi connectivity index (χ1v) is 15.9. The van der Waals surface area contributed by atoms with Gasteiger partial charge in [-0.15, -0.1) is 0 Å². The summed E-state index contributed by atoms with van der Waals surface area (Å²) in [6.07, 6.45) is -7.86. The fourth-order valence-corrected chi connectivity index (χ4v) is 6.24. The Morgan fingerprint density at radius 3 is 1.90 bits per heavy atom. The highest BCUT2D eigenvalue weighted by Crippen LogP contribution is 2.36. The number of amides is 1. The lowest BCUT2D eigenvalue weighted by Gasteiger charge is -2.45. The quantitative estimate of drug-likeness (QED) is 0.0621. The number of ketones is 2. The van der Waals surface area contributed by atoms with Gasteiger partial charge in [0.2, 0.25) is 5.91 Å².